The van der Waals surface area contributed by atoms with Crippen molar-refractivity contribution < 1.29 is 14.4 Å². The van der Waals surface area contributed by atoms with Gasteiger partial charge in [0.2, 0.25) is 5.89 Å². The second-order valence-electron chi connectivity index (χ2n) is 5.81. The number of rotatable bonds is 7. The molecule has 0 aliphatic carbocycles. The minimum atomic E-state index is -0.622. The van der Waals surface area contributed by atoms with Crippen LogP contribution in [0, 0.1) is 6.92 Å². The summed E-state index contributed by atoms with van der Waals surface area (Å²) in [5, 5.41) is 19.7. The highest BCUT2D eigenvalue weighted by atomic mass is 16.5. The number of carbonyl (C=O) groups excluding carboxylic acids is 1. The van der Waals surface area contributed by atoms with Gasteiger partial charge in [-0.3, -0.25) is 0 Å². The molecule has 24 heavy (non-hydrogen) atoms. The molecule has 0 radical (unpaired) electrons. The van der Waals surface area contributed by atoms with E-state index >= 15 is 0 Å². The number of aromatic nitrogens is 2. The second-order valence-corrected chi connectivity index (χ2v) is 5.81. The molecule has 2 aromatic rings. The zero-order chi connectivity index (χ0) is 17.5. The number of aliphatic hydroxyl groups is 1. The summed E-state index contributed by atoms with van der Waals surface area (Å²) < 4.78 is 4.95. The maximum absolute atomic E-state index is 12.1. The fraction of sp³-hybridized carbons (Fsp3) is 0.471. The molecule has 2 rings (SSSR count). The van der Waals surface area contributed by atoms with E-state index in [4.69, 9.17) is 4.52 Å². The number of amides is 2. The summed E-state index contributed by atoms with van der Waals surface area (Å²) in [6.45, 7) is 5.49. The minimum Gasteiger partial charge on any atom is -0.388 e. The molecule has 3 N–H and O–H groups in total. The summed E-state index contributed by atoms with van der Waals surface area (Å²) in [6, 6.07) is 8.56. The predicted octanol–water partition coefficient (Wildman–Crippen LogP) is 2.64. The van der Waals surface area contributed by atoms with Gasteiger partial charge in [-0.15, -0.1) is 0 Å². The third-order valence-electron chi connectivity index (χ3n) is 3.71. The molecule has 0 saturated heterocycles. The highest BCUT2D eigenvalue weighted by molar-refractivity contribution is 5.74. The van der Waals surface area contributed by atoms with Gasteiger partial charge >= 0.3 is 6.03 Å². The minimum absolute atomic E-state index is 0.190. The average molecular weight is 332 g/mol. The van der Waals surface area contributed by atoms with Gasteiger partial charge < -0.3 is 20.3 Å². The van der Waals surface area contributed by atoms with E-state index in [1.165, 1.54) is 0 Å². The fourth-order valence-corrected chi connectivity index (χ4v) is 2.43. The van der Waals surface area contributed by atoms with Crippen molar-refractivity contribution in [3.8, 4) is 0 Å². The summed E-state index contributed by atoms with van der Waals surface area (Å²) in [7, 11) is 0. The van der Waals surface area contributed by atoms with E-state index in [0.29, 0.717) is 24.6 Å². The SMILES string of the molecule is CC[C@H](NC(=O)N[C@@H](C)C[C@@H](O)c1ccccc1)c1noc(C)n1. The number of nitrogens with one attached hydrogen (secondary N) is 2. The Labute approximate surface area is 141 Å². The number of carbonyl (C=O) groups is 1. The molecule has 0 bridgehead atoms. The van der Waals surface area contributed by atoms with Gasteiger partial charge in [-0.25, -0.2) is 4.79 Å². The Kier molecular flexibility index (Phi) is 6.31. The van der Waals surface area contributed by atoms with Crippen LogP contribution in [0.2, 0.25) is 0 Å². The van der Waals surface area contributed by atoms with Crippen molar-refractivity contribution in [2.24, 2.45) is 0 Å². The number of aliphatic hydroxyl groups excluding tert-OH is 1. The molecule has 7 heteroatoms. The van der Waals surface area contributed by atoms with Crippen molar-refractivity contribution in [2.75, 3.05) is 0 Å². The van der Waals surface area contributed by atoms with Gasteiger partial charge in [-0.2, -0.15) is 4.98 Å². The normalized spacial score (nSPS) is 14.7. The van der Waals surface area contributed by atoms with E-state index in [0.717, 1.165) is 5.56 Å². The average Bonchev–Trinajstić information content (AvgIpc) is 2.99. The highest BCUT2D eigenvalue weighted by Gasteiger charge is 2.20. The quantitative estimate of drug-likeness (QED) is 0.724. The van der Waals surface area contributed by atoms with Crippen molar-refractivity contribution >= 4 is 6.03 Å². The molecule has 7 nitrogen and oxygen atoms in total. The summed E-state index contributed by atoms with van der Waals surface area (Å²) >= 11 is 0. The number of benzene rings is 1. The summed E-state index contributed by atoms with van der Waals surface area (Å²) in [6.07, 6.45) is 0.450. The predicted molar refractivity (Wildman–Crippen MR) is 89.2 cm³/mol. The maximum Gasteiger partial charge on any atom is 0.315 e. The first-order valence-corrected chi connectivity index (χ1v) is 8.09. The number of hydrogen-bond acceptors (Lipinski definition) is 5. The van der Waals surface area contributed by atoms with Crippen LogP contribution in [0.25, 0.3) is 0 Å². The van der Waals surface area contributed by atoms with Crippen LogP contribution >= 0.6 is 0 Å². The van der Waals surface area contributed by atoms with E-state index in [1.54, 1.807) is 6.92 Å². The van der Waals surface area contributed by atoms with Crippen LogP contribution in [-0.2, 0) is 0 Å². The van der Waals surface area contributed by atoms with Crippen LogP contribution in [0.3, 0.4) is 0 Å². The van der Waals surface area contributed by atoms with Crippen molar-refractivity contribution in [3.05, 3.63) is 47.6 Å². The van der Waals surface area contributed by atoms with E-state index in [2.05, 4.69) is 20.8 Å². The van der Waals surface area contributed by atoms with Crippen molar-refractivity contribution in [1.29, 1.82) is 0 Å². The fourth-order valence-electron chi connectivity index (χ4n) is 2.43. The van der Waals surface area contributed by atoms with Crippen LogP contribution in [0.15, 0.2) is 34.9 Å². The van der Waals surface area contributed by atoms with E-state index in [1.807, 2.05) is 44.2 Å². The van der Waals surface area contributed by atoms with Gasteiger partial charge in [-0.1, -0.05) is 42.4 Å². The molecule has 1 aromatic carbocycles. The highest BCUT2D eigenvalue weighted by Crippen LogP contribution is 2.18. The smallest absolute Gasteiger partial charge is 0.315 e. The molecule has 3 atom stereocenters. The molecule has 1 heterocycles. The lowest BCUT2D eigenvalue weighted by molar-refractivity contribution is 0.154. The van der Waals surface area contributed by atoms with E-state index in [9.17, 15) is 9.90 Å². The topological polar surface area (TPSA) is 100 Å². The third kappa shape index (κ3) is 5.06. The Morgan fingerprint density at radius 2 is 2.00 bits per heavy atom. The zero-order valence-electron chi connectivity index (χ0n) is 14.2. The molecule has 0 fully saturated rings. The molecule has 0 spiro atoms. The Morgan fingerprint density at radius 1 is 1.29 bits per heavy atom. The monoisotopic (exact) mass is 332 g/mol. The van der Waals surface area contributed by atoms with E-state index < -0.39 is 6.10 Å². The molecule has 0 saturated carbocycles. The number of aryl methyl sites for hydroxylation is 1. The van der Waals surface area contributed by atoms with Crippen LogP contribution in [-0.4, -0.2) is 27.3 Å². The Bertz CT molecular complexity index is 644. The zero-order valence-corrected chi connectivity index (χ0v) is 14.2. The third-order valence-corrected chi connectivity index (χ3v) is 3.71. The Balaban J connectivity index is 1.84. The lowest BCUT2D eigenvalue weighted by Crippen LogP contribution is -2.43. The molecular weight excluding hydrogens is 308 g/mol. The van der Waals surface area contributed by atoms with Crippen LogP contribution < -0.4 is 10.6 Å². The first-order valence-electron chi connectivity index (χ1n) is 8.09. The number of nitrogens with zero attached hydrogens (tertiary/aromatic N) is 2. The Morgan fingerprint density at radius 3 is 2.58 bits per heavy atom. The molecule has 130 valence electrons. The maximum atomic E-state index is 12.1. The van der Waals surface area contributed by atoms with Gasteiger partial charge in [-0.05, 0) is 25.3 Å². The van der Waals surface area contributed by atoms with Gasteiger partial charge in [0, 0.05) is 13.0 Å². The van der Waals surface area contributed by atoms with Crippen molar-refractivity contribution in [3.63, 3.8) is 0 Å². The standard InChI is InChI=1S/C17H24N4O3/c1-4-14(16-19-12(3)24-21-16)20-17(23)18-11(2)10-15(22)13-8-6-5-7-9-13/h5-9,11,14-15,22H,4,10H2,1-3H3,(H2,18,20,23)/t11-,14-,15+/m0/s1. The van der Waals surface area contributed by atoms with E-state index in [-0.39, 0.29) is 18.1 Å². The molecule has 1 aromatic heterocycles. The van der Waals surface area contributed by atoms with Crippen LogP contribution in [0.4, 0.5) is 4.79 Å². The molecule has 0 unspecified atom stereocenters. The van der Waals surface area contributed by atoms with Gasteiger partial charge in [0.1, 0.15) is 0 Å². The molecular formula is C17H24N4O3. The van der Waals surface area contributed by atoms with Crippen LogP contribution in [0.5, 0.6) is 0 Å². The lowest BCUT2D eigenvalue weighted by Gasteiger charge is -2.20. The first kappa shape index (κ1) is 17.9. The van der Waals surface area contributed by atoms with Crippen LogP contribution in [0.1, 0.15) is 56.1 Å². The molecule has 0 aliphatic heterocycles. The lowest BCUT2D eigenvalue weighted by atomic mass is 10.0. The summed E-state index contributed by atoms with van der Waals surface area (Å²) in [4.78, 5) is 16.3. The molecule has 2 amide bonds. The van der Waals surface area contributed by atoms with Gasteiger partial charge in [0.05, 0.1) is 12.1 Å². The van der Waals surface area contributed by atoms with Crippen molar-refractivity contribution in [2.45, 2.75) is 51.8 Å². The van der Waals surface area contributed by atoms with Gasteiger partial charge in [0.25, 0.3) is 0 Å². The van der Waals surface area contributed by atoms with Crippen molar-refractivity contribution in [1.82, 2.24) is 20.8 Å². The largest absolute Gasteiger partial charge is 0.388 e. The summed E-state index contributed by atoms with van der Waals surface area (Å²) in [5.41, 5.74) is 0.834. The first-order chi connectivity index (χ1) is 11.5. The summed E-state index contributed by atoms with van der Waals surface area (Å²) in [5.74, 6) is 0.923. The van der Waals surface area contributed by atoms with Gasteiger partial charge in [0.15, 0.2) is 5.82 Å². The Hall–Kier alpha value is -2.41. The number of hydrogen-bond donors (Lipinski definition) is 3. The number of urea groups is 1. The second kappa shape index (κ2) is 8.44. The molecule has 0 aliphatic rings.